The third-order valence-electron chi connectivity index (χ3n) is 4.81. The van der Waals surface area contributed by atoms with E-state index in [-0.39, 0.29) is 10.7 Å². The molecule has 2 aromatic rings. The van der Waals surface area contributed by atoms with Gasteiger partial charge in [0.2, 0.25) is 5.95 Å². The van der Waals surface area contributed by atoms with E-state index in [1.807, 2.05) is 0 Å². The number of nitrogens with one attached hydrogen (secondary N) is 1. The van der Waals surface area contributed by atoms with Crippen LogP contribution in [0.4, 0.5) is 15.9 Å². The molecule has 1 aromatic heterocycles. The summed E-state index contributed by atoms with van der Waals surface area (Å²) in [6.45, 7) is 4.45. The zero-order valence-corrected chi connectivity index (χ0v) is 17.7. The standard InChI is InChI=1S/C19H24ClFN4O2S/c1-13-16(28(26,27)23-18-6-4-5-17(21)22-18)8-7-15(19(13)20)25-10-9-14(12-25)11-24(2)3/h4-8,14H,9-12H2,1-3H3,(H,22,23). The molecular weight excluding hydrogens is 403 g/mol. The molecule has 3 rings (SSSR count). The van der Waals surface area contributed by atoms with Gasteiger partial charge in [-0.2, -0.15) is 4.39 Å². The van der Waals surface area contributed by atoms with Crippen LogP contribution in [0.1, 0.15) is 12.0 Å². The van der Waals surface area contributed by atoms with Crippen LogP contribution in [0.25, 0.3) is 0 Å². The molecule has 0 radical (unpaired) electrons. The maximum Gasteiger partial charge on any atom is 0.263 e. The van der Waals surface area contributed by atoms with Crippen molar-refractivity contribution in [2.75, 3.05) is 43.4 Å². The van der Waals surface area contributed by atoms with E-state index in [1.165, 1.54) is 18.2 Å². The molecule has 1 aliphatic rings. The van der Waals surface area contributed by atoms with Gasteiger partial charge in [-0.15, -0.1) is 0 Å². The van der Waals surface area contributed by atoms with Gasteiger partial charge in [-0.3, -0.25) is 4.72 Å². The first-order valence-electron chi connectivity index (χ1n) is 9.01. The Hall–Kier alpha value is -1.90. The molecule has 1 aliphatic heterocycles. The van der Waals surface area contributed by atoms with Gasteiger partial charge in [0.05, 0.1) is 15.6 Å². The van der Waals surface area contributed by atoms with Gasteiger partial charge in [0.15, 0.2) is 0 Å². The lowest BCUT2D eigenvalue weighted by Gasteiger charge is -2.23. The number of aromatic nitrogens is 1. The zero-order valence-electron chi connectivity index (χ0n) is 16.1. The van der Waals surface area contributed by atoms with Gasteiger partial charge < -0.3 is 9.80 Å². The van der Waals surface area contributed by atoms with Crippen LogP contribution in [0.15, 0.2) is 35.2 Å². The highest BCUT2D eigenvalue weighted by molar-refractivity contribution is 7.92. The van der Waals surface area contributed by atoms with Gasteiger partial charge in [0.1, 0.15) is 5.82 Å². The summed E-state index contributed by atoms with van der Waals surface area (Å²) in [6, 6.07) is 7.20. The predicted octanol–water partition coefficient (Wildman–Crippen LogP) is 3.37. The van der Waals surface area contributed by atoms with Crippen molar-refractivity contribution in [3.05, 3.63) is 46.9 Å². The van der Waals surface area contributed by atoms with E-state index in [0.717, 1.165) is 37.8 Å². The molecule has 6 nitrogen and oxygen atoms in total. The predicted molar refractivity (Wildman–Crippen MR) is 110 cm³/mol. The Labute approximate surface area is 170 Å². The first-order chi connectivity index (χ1) is 13.2. The van der Waals surface area contributed by atoms with E-state index in [1.54, 1.807) is 13.0 Å². The monoisotopic (exact) mass is 426 g/mol. The van der Waals surface area contributed by atoms with E-state index in [0.29, 0.717) is 16.5 Å². The minimum atomic E-state index is -3.94. The van der Waals surface area contributed by atoms with Crippen LogP contribution in [-0.2, 0) is 10.0 Å². The fourth-order valence-electron chi connectivity index (χ4n) is 3.56. The number of hydrogen-bond donors (Lipinski definition) is 1. The molecule has 0 amide bonds. The summed E-state index contributed by atoms with van der Waals surface area (Å²) in [4.78, 5) is 7.96. The van der Waals surface area contributed by atoms with Crippen LogP contribution in [0.2, 0.25) is 5.02 Å². The average Bonchev–Trinajstić information content (AvgIpc) is 3.04. The minimum Gasteiger partial charge on any atom is -0.370 e. The molecule has 1 saturated heterocycles. The molecule has 1 fully saturated rings. The van der Waals surface area contributed by atoms with Gasteiger partial charge in [-0.25, -0.2) is 13.4 Å². The van der Waals surface area contributed by atoms with E-state index in [2.05, 4.69) is 33.6 Å². The summed E-state index contributed by atoms with van der Waals surface area (Å²) >= 11 is 6.55. The molecule has 1 N–H and O–H groups in total. The van der Waals surface area contributed by atoms with E-state index in [9.17, 15) is 12.8 Å². The fourth-order valence-corrected chi connectivity index (χ4v) is 5.15. The Morgan fingerprint density at radius 2 is 2.07 bits per heavy atom. The number of rotatable bonds is 6. The average molecular weight is 427 g/mol. The molecule has 1 unspecified atom stereocenters. The molecule has 0 spiro atoms. The summed E-state index contributed by atoms with van der Waals surface area (Å²) in [7, 11) is 0.172. The lowest BCUT2D eigenvalue weighted by molar-refractivity contribution is 0.340. The van der Waals surface area contributed by atoms with Crippen LogP contribution in [0.5, 0.6) is 0 Å². The van der Waals surface area contributed by atoms with Crippen LogP contribution < -0.4 is 9.62 Å². The van der Waals surface area contributed by atoms with Crippen LogP contribution in [0.3, 0.4) is 0 Å². The number of nitrogens with zero attached hydrogens (tertiary/aromatic N) is 3. The lowest BCUT2D eigenvalue weighted by Crippen LogP contribution is -2.26. The second-order valence-electron chi connectivity index (χ2n) is 7.34. The second-order valence-corrected chi connectivity index (χ2v) is 9.36. The second kappa shape index (κ2) is 8.23. The number of sulfonamides is 1. The molecule has 1 aromatic carbocycles. The van der Waals surface area contributed by atoms with Crippen molar-refractivity contribution >= 4 is 33.1 Å². The van der Waals surface area contributed by atoms with E-state index < -0.39 is 16.0 Å². The number of pyridine rings is 1. The molecule has 0 bridgehead atoms. The topological polar surface area (TPSA) is 65.5 Å². The van der Waals surface area contributed by atoms with Crippen molar-refractivity contribution < 1.29 is 12.8 Å². The number of halogens is 2. The smallest absolute Gasteiger partial charge is 0.263 e. The highest BCUT2D eigenvalue weighted by Gasteiger charge is 2.27. The highest BCUT2D eigenvalue weighted by Crippen LogP contribution is 2.36. The largest absolute Gasteiger partial charge is 0.370 e. The number of anilines is 2. The molecule has 0 saturated carbocycles. The first kappa shape index (κ1) is 20.8. The van der Waals surface area contributed by atoms with Gasteiger partial charge in [0.25, 0.3) is 10.0 Å². The fraction of sp³-hybridized carbons (Fsp3) is 0.421. The van der Waals surface area contributed by atoms with Crippen molar-refractivity contribution in [2.45, 2.75) is 18.2 Å². The molecule has 0 aliphatic carbocycles. The van der Waals surface area contributed by atoms with Crippen LogP contribution in [-0.4, -0.2) is 52.0 Å². The number of hydrogen-bond acceptors (Lipinski definition) is 5. The van der Waals surface area contributed by atoms with Crippen molar-refractivity contribution in [2.24, 2.45) is 5.92 Å². The van der Waals surface area contributed by atoms with Crippen molar-refractivity contribution in [1.82, 2.24) is 9.88 Å². The maximum absolute atomic E-state index is 13.2. The van der Waals surface area contributed by atoms with Crippen molar-refractivity contribution in [1.29, 1.82) is 0 Å². The zero-order chi connectivity index (χ0) is 20.5. The third-order valence-corrected chi connectivity index (χ3v) is 6.79. The van der Waals surface area contributed by atoms with Crippen molar-refractivity contribution in [3.8, 4) is 0 Å². The maximum atomic E-state index is 13.2. The molecule has 2 heterocycles. The van der Waals surface area contributed by atoms with E-state index in [4.69, 9.17) is 11.6 Å². The summed E-state index contributed by atoms with van der Waals surface area (Å²) < 4.78 is 41.0. The quantitative estimate of drug-likeness (QED) is 0.717. The Bertz CT molecular complexity index is 968. The normalized spacial score (nSPS) is 17.4. The van der Waals surface area contributed by atoms with E-state index >= 15 is 0 Å². The van der Waals surface area contributed by atoms with Crippen LogP contribution in [0, 0.1) is 18.8 Å². The summed E-state index contributed by atoms with van der Waals surface area (Å²) in [5.74, 6) is -0.284. The molecule has 1 atom stereocenters. The summed E-state index contributed by atoms with van der Waals surface area (Å²) in [5.41, 5.74) is 1.29. The Morgan fingerprint density at radius 3 is 2.75 bits per heavy atom. The number of benzene rings is 1. The summed E-state index contributed by atoms with van der Waals surface area (Å²) in [6.07, 6.45) is 1.07. The van der Waals surface area contributed by atoms with Gasteiger partial charge in [-0.1, -0.05) is 17.7 Å². The Morgan fingerprint density at radius 1 is 1.32 bits per heavy atom. The molecule has 9 heteroatoms. The van der Waals surface area contributed by atoms with Gasteiger partial charge >= 0.3 is 0 Å². The molecule has 28 heavy (non-hydrogen) atoms. The SMILES string of the molecule is Cc1c(S(=O)(=O)Nc2cccc(F)n2)ccc(N2CCC(CN(C)C)C2)c1Cl. The first-order valence-corrected chi connectivity index (χ1v) is 10.9. The summed E-state index contributed by atoms with van der Waals surface area (Å²) in [5, 5.41) is 0.417. The Kier molecular flexibility index (Phi) is 6.12. The van der Waals surface area contributed by atoms with Gasteiger partial charge in [-0.05, 0) is 63.2 Å². The van der Waals surface area contributed by atoms with Crippen LogP contribution >= 0.6 is 11.6 Å². The molecule has 152 valence electrons. The Balaban J connectivity index is 1.84. The molecular formula is C19H24ClFN4O2S. The third kappa shape index (κ3) is 4.56. The van der Waals surface area contributed by atoms with Crippen molar-refractivity contribution in [3.63, 3.8) is 0 Å². The van der Waals surface area contributed by atoms with Gasteiger partial charge in [0, 0.05) is 19.6 Å². The highest BCUT2D eigenvalue weighted by atomic mass is 35.5. The lowest BCUT2D eigenvalue weighted by atomic mass is 10.1. The minimum absolute atomic E-state index is 0.0522.